The van der Waals surface area contributed by atoms with E-state index in [-0.39, 0.29) is 6.04 Å². The molecular formula is C15H23N5S. The molecule has 114 valence electrons. The number of aromatic nitrogens is 3. The second-order valence-electron chi connectivity index (χ2n) is 5.83. The molecule has 2 aromatic rings. The lowest BCUT2D eigenvalue weighted by atomic mass is 10.1. The molecule has 3 rings (SSSR count). The van der Waals surface area contributed by atoms with Crippen LogP contribution in [-0.4, -0.2) is 14.8 Å². The lowest BCUT2D eigenvalue weighted by Crippen LogP contribution is -2.29. The number of hydrogen-bond donors (Lipinski definition) is 2. The molecule has 0 bridgehead atoms. The minimum Gasteiger partial charge on any atom is -0.271 e. The summed E-state index contributed by atoms with van der Waals surface area (Å²) in [6.07, 6.45) is 8.08. The number of nitrogens with zero attached hydrogens (tertiary/aromatic N) is 3. The van der Waals surface area contributed by atoms with Crippen LogP contribution in [0.5, 0.6) is 0 Å². The Hall–Kier alpha value is -1.24. The normalized spacial score (nSPS) is 17.5. The van der Waals surface area contributed by atoms with Gasteiger partial charge in [0.2, 0.25) is 0 Å². The summed E-state index contributed by atoms with van der Waals surface area (Å²) >= 11 is 1.71. The summed E-state index contributed by atoms with van der Waals surface area (Å²) in [5, 5.41) is 5.83. The Labute approximate surface area is 129 Å². The topological polar surface area (TPSA) is 68.8 Å². The lowest BCUT2D eigenvalue weighted by molar-refractivity contribution is 0.457. The molecule has 1 aliphatic rings. The Balaban J connectivity index is 1.73. The van der Waals surface area contributed by atoms with Gasteiger partial charge in [0.15, 0.2) is 0 Å². The van der Waals surface area contributed by atoms with Crippen molar-refractivity contribution >= 4 is 11.3 Å². The van der Waals surface area contributed by atoms with Gasteiger partial charge in [0, 0.05) is 17.5 Å². The van der Waals surface area contributed by atoms with Crippen molar-refractivity contribution in [3.63, 3.8) is 0 Å². The van der Waals surface area contributed by atoms with Crippen LogP contribution < -0.4 is 11.3 Å². The van der Waals surface area contributed by atoms with Gasteiger partial charge in [-0.05, 0) is 32.8 Å². The third-order valence-corrected chi connectivity index (χ3v) is 5.42. The van der Waals surface area contributed by atoms with Gasteiger partial charge in [-0.3, -0.25) is 16.0 Å². The largest absolute Gasteiger partial charge is 0.271 e. The van der Waals surface area contributed by atoms with Gasteiger partial charge in [-0.2, -0.15) is 5.10 Å². The van der Waals surface area contributed by atoms with Crippen molar-refractivity contribution in [3.05, 3.63) is 33.5 Å². The predicted molar refractivity (Wildman–Crippen MR) is 85.1 cm³/mol. The van der Waals surface area contributed by atoms with Crippen molar-refractivity contribution in [2.24, 2.45) is 5.84 Å². The summed E-state index contributed by atoms with van der Waals surface area (Å²) in [7, 11) is 0. The Morgan fingerprint density at radius 1 is 1.43 bits per heavy atom. The minimum atomic E-state index is 0.0862. The van der Waals surface area contributed by atoms with E-state index in [1.807, 2.05) is 13.8 Å². The molecule has 21 heavy (non-hydrogen) atoms. The van der Waals surface area contributed by atoms with Gasteiger partial charge in [-0.15, -0.1) is 11.3 Å². The van der Waals surface area contributed by atoms with Crippen molar-refractivity contribution in [2.45, 2.75) is 58.0 Å². The van der Waals surface area contributed by atoms with Crippen molar-refractivity contribution in [1.29, 1.82) is 0 Å². The fraction of sp³-hybridized carbons (Fsp3) is 0.600. The molecule has 0 amide bonds. The number of rotatable bonds is 5. The van der Waals surface area contributed by atoms with Gasteiger partial charge >= 0.3 is 0 Å². The highest BCUT2D eigenvalue weighted by Gasteiger charge is 2.20. The highest BCUT2D eigenvalue weighted by molar-refractivity contribution is 7.11. The van der Waals surface area contributed by atoms with E-state index in [9.17, 15) is 0 Å². The quantitative estimate of drug-likeness (QED) is 0.658. The Bertz CT molecular complexity index is 597. The summed E-state index contributed by atoms with van der Waals surface area (Å²) in [6, 6.07) is 2.80. The molecule has 1 atom stereocenters. The molecule has 2 aromatic heterocycles. The monoisotopic (exact) mass is 305 g/mol. The number of hydrogen-bond acceptors (Lipinski definition) is 5. The molecule has 2 heterocycles. The van der Waals surface area contributed by atoms with Crippen molar-refractivity contribution < 1.29 is 0 Å². The van der Waals surface area contributed by atoms with Crippen LogP contribution in [0.4, 0.5) is 0 Å². The molecule has 1 aliphatic carbocycles. The number of hydrazine groups is 1. The van der Waals surface area contributed by atoms with E-state index in [1.54, 1.807) is 11.3 Å². The molecule has 0 aliphatic heterocycles. The second kappa shape index (κ2) is 6.25. The van der Waals surface area contributed by atoms with Gasteiger partial charge in [-0.25, -0.2) is 4.98 Å². The Morgan fingerprint density at radius 3 is 2.81 bits per heavy atom. The highest BCUT2D eigenvalue weighted by atomic mass is 32.1. The number of thiazole rings is 1. The van der Waals surface area contributed by atoms with Crippen LogP contribution in [0.1, 0.15) is 59.0 Å². The maximum atomic E-state index is 5.75. The zero-order valence-electron chi connectivity index (χ0n) is 12.7. The van der Waals surface area contributed by atoms with Crippen LogP contribution >= 0.6 is 11.3 Å². The van der Waals surface area contributed by atoms with Gasteiger partial charge in [0.25, 0.3) is 0 Å². The number of nitrogens with two attached hydrogens (primary N) is 1. The number of nitrogens with one attached hydrogen (secondary N) is 1. The molecule has 1 saturated carbocycles. The molecule has 6 heteroatoms. The van der Waals surface area contributed by atoms with E-state index in [0.717, 1.165) is 22.8 Å². The molecule has 0 aromatic carbocycles. The van der Waals surface area contributed by atoms with E-state index in [0.29, 0.717) is 6.04 Å². The molecule has 3 N–H and O–H groups in total. The van der Waals surface area contributed by atoms with Crippen molar-refractivity contribution in [3.8, 4) is 0 Å². The fourth-order valence-corrected chi connectivity index (χ4v) is 4.15. The van der Waals surface area contributed by atoms with Crippen LogP contribution in [-0.2, 0) is 6.42 Å². The minimum absolute atomic E-state index is 0.0862. The van der Waals surface area contributed by atoms with Crippen molar-refractivity contribution in [2.75, 3.05) is 0 Å². The third kappa shape index (κ3) is 3.17. The summed E-state index contributed by atoms with van der Waals surface area (Å²) in [4.78, 5) is 5.70. The molecule has 0 spiro atoms. The van der Waals surface area contributed by atoms with Crippen molar-refractivity contribution in [1.82, 2.24) is 20.2 Å². The molecular weight excluding hydrogens is 282 g/mol. The van der Waals surface area contributed by atoms with Crippen LogP contribution in [0.25, 0.3) is 0 Å². The Kier molecular flexibility index (Phi) is 4.37. The molecule has 0 radical (unpaired) electrons. The van der Waals surface area contributed by atoms with Crippen LogP contribution in [0.2, 0.25) is 0 Å². The molecule has 0 saturated heterocycles. The average molecular weight is 305 g/mol. The van der Waals surface area contributed by atoms with E-state index < -0.39 is 0 Å². The predicted octanol–water partition coefficient (Wildman–Crippen LogP) is 2.82. The summed E-state index contributed by atoms with van der Waals surface area (Å²) in [5.41, 5.74) is 5.08. The third-order valence-electron chi connectivity index (χ3n) is 4.23. The first-order chi connectivity index (χ1) is 10.2. The maximum Gasteiger partial charge on any atom is 0.0900 e. The zero-order chi connectivity index (χ0) is 14.8. The van der Waals surface area contributed by atoms with Gasteiger partial charge in [-0.1, -0.05) is 12.8 Å². The van der Waals surface area contributed by atoms with Gasteiger partial charge in [0.1, 0.15) is 0 Å². The summed E-state index contributed by atoms with van der Waals surface area (Å²) in [6.45, 7) is 4.07. The first-order valence-electron chi connectivity index (χ1n) is 7.61. The molecule has 5 nitrogen and oxygen atoms in total. The standard InChI is InChI=1S/C15H23N5S/c1-10-15(21-11(2)17-10)14(18-16)9-12-7-8-20(19-12)13-5-3-4-6-13/h7-8,13-14,18H,3-6,9,16H2,1-2H3. The smallest absolute Gasteiger partial charge is 0.0900 e. The first kappa shape index (κ1) is 14.7. The maximum absolute atomic E-state index is 5.75. The van der Waals surface area contributed by atoms with E-state index in [2.05, 4.69) is 27.4 Å². The fourth-order valence-electron chi connectivity index (χ4n) is 3.17. The Morgan fingerprint density at radius 2 is 2.19 bits per heavy atom. The van der Waals surface area contributed by atoms with Crippen LogP contribution in [0, 0.1) is 13.8 Å². The van der Waals surface area contributed by atoms with E-state index >= 15 is 0 Å². The van der Waals surface area contributed by atoms with Gasteiger partial charge < -0.3 is 0 Å². The molecule has 1 fully saturated rings. The van der Waals surface area contributed by atoms with Crippen LogP contribution in [0.15, 0.2) is 12.3 Å². The highest BCUT2D eigenvalue weighted by Crippen LogP contribution is 2.30. The zero-order valence-corrected chi connectivity index (χ0v) is 13.5. The average Bonchev–Trinajstić information content (AvgIpc) is 3.16. The molecule has 1 unspecified atom stereocenters. The summed E-state index contributed by atoms with van der Waals surface area (Å²) in [5.74, 6) is 5.75. The second-order valence-corrected chi connectivity index (χ2v) is 7.07. The van der Waals surface area contributed by atoms with E-state index in [4.69, 9.17) is 10.9 Å². The van der Waals surface area contributed by atoms with E-state index in [1.165, 1.54) is 30.6 Å². The first-order valence-corrected chi connectivity index (χ1v) is 8.43. The lowest BCUT2D eigenvalue weighted by Gasteiger charge is -2.14. The van der Waals surface area contributed by atoms with Gasteiger partial charge in [0.05, 0.1) is 28.5 Å². The van der Waals surface area contributed by atoms with Crippen LogP contribution in [0.3, 0.4) is 0 Å². The SMILES string of the molecule is Cc1nc(C)c(C(Cc2ccn(C3CCCC3)n2)NN)s1. The number of aryl methyl sites for hydroxylation is 2. The summed E-state index contributed by atoms with van der Waals surface area (Å²) < 4.78 is 2.14.